The van der Waals surface area contributed by atoms with Crippen LogP contribution in [0.1, 0.15) is 11.4 Å². The van der Waals surface area contributed by atoms with Crippen LogP contribution >= 0.6 is 11.8 Å². The van der Waals surface area contributed by atoms with E-state index in [-0.39, 0.29) is 24.4 Å². The van der Waals surface area contributed by atoms with Crippen LogP contribution < -0.4 is 9.80 Å². The van der Waals surface area contributed by atoms with Crippen molar-refractivity contribution < 1.29 is 17.9 Å². The van der Waals surface area contributed by atoms with Crippen molar-refractivity contribution in [2.45, 2.75) is 22.6 Å². The lowest BCUT2D eigenvalue weighted by Gasteiger charge is -2.30. The van der Waals surface area contributed by atoms with E-state index in [4.69, 9.17) is 4.74 Å². The molecule has 1 aliphatic rings. The zero-order chi connectivity index (χ0) is 24.0. The fraction of sp³-hybridized carbons (Fsp3) is 0.286. The molecule has 0 saturated carbocycles. The van der Waals surface area contributed by atoms with Crippen LogP contribution in [0.5, 0.6) is 0 Å². The molecule has 0 radical (unpaired) electrons. The molecular weight excluding hydrogens is 469 g/mol. The van der Waals surface area contributed by atoms with E-state index < -0.39 is 12.0 Å². The number of benzene rings is 1. The number of halogens is 3. The fourth-order valence-corrected chi connectivity index (χ4v) is 4.80. The van der Waals surface area contributed by atoms with Gasteiger partial charge in [0.1, 0.15) is 18.1 Å². The summed E-state index contributed by atoms with van der Waals surface area (Å²) in [5.74, 6) is -0.0767. The minimum atomic E-state index is -4.66. The Balaban J connectivity index is 1.61. The first-order valence-electron chi connectivity index (χ1n) is 10.1. The van der Waals surface area contributed by atoms with Gasteiger partial charge >= 0.3 is 6.18 Å². The quantitative estimate of drug-likeness (QED) is 0.414. The molecule has 0 fully saturated rings. The van der Waals surface area contributed by atoms with Crippen molar-refractivity contribution in [2.75, 3.05) is 37.7 Å². The average molecular weight is 488 g/mol. The van der Waals surface area contributed by atoms with E-state index in [9.17, 15) is 13.2 Å². The van der Waals surface area contributed by atoms with Crippen molar-refractivity contribution >= 4 is 40.2 Å². The summed E-state index contributed by atoms with van der Waals surface area (Å²) in [6.45, 7) is 0.130. The molecule has 1 aliphatic heterocycles. The highest BCUT2D eigenvalue weighted by molar-refractivity contribution is 7.99. The van der Waals surface area contributed by atoms with Gasteiger partial charge in [-0.1, -0.05) is 17.8 Å². The van der Waals surface area contributed by atoms with Gasteiger partial charge in [-0.25, -0.2) is 24.9 Å². The molecule has 0 unspecified atom stereocenters. The summed E-state index contributed by atoms with van der Waals surface area (Å²) in [7, 11) is 4.96. The van der Waals surface area contributed by atoms with Gasteiger partial charge in [0.2, 0.25) is 5.82 Å². The second-order valence-electron chi connectivity index (χ2n) is 7.72. The SMILES string of the molecule is COCN1c2cc(Cn3c(C(F)(F)F)nc4c(N(C)C)ncnc43)ccc2Sc2nccnc21. The molecule has 0 saturated heterocycles. The van der Waals surface area contributed by atoms with Gasteiger partial charge in [-0.05, 0) is 17.7 Å². The third kappa shape index (κ3) is 3.80. The average Bonchev–Trinajstić information content (AvgIpc) is 3.18. The van der Waals surface area contributed by atoms with Crippen molar-refractivity contribution in [3.63, 3.8) is 0 Å². The summed E-state index contributed by atoms with van der Waals surface area (Å²) >= 11 is 1.45. The zero-order valence-electron chi connectivity index (χ0n) is 18.4. The van der Waals surface area contributed by atoms with Crippen molar-refractivity contribution in [3.8, 4) is 0 Å². The highest BCUT2D eigenvalue weighted by Gasteiger charge is 2.39. The Bertz CT molecular complexity index is 1370. The van der Waals surface area contributed by atoms with Crippen LogP contribution in [-0.4, -0.2) is 57.4 Å². The molecule has 4 heterocycles. The molecule has 3 aromatic heterocycles. The minimum Gasteiger partial charge on any atom is -0.364 e. The van der Waals surface area contributed by atoms with Crippen molar-refractivity contribution in [2.24, 2.45) is 0 Å². The third-order valence-electron chi connectivity index (χ3n) is 5.21. The maximum absolute atomic E-state index is 13.9. The van der Waals surface area contributed by atoms with Gasteiger partial charge < -0.3 is 14.2 Å². The predicted molar refractivity (Wildman–Crippen MR) is 120 cm³/mol. The Morgan fingerprint density at radius 2 is 1.88 bits per heavy atom. The number of nitrogens with zero attached hydrogens (tertiary/aromatic N) is 8. The number of methoxy groups -OCH3 is 1. The number of fused-ring (bicyclic) bond motifs is 3. The molecule has 176 valence electrons. The molecule has 9 nitrogen and oxygen atoms in total. The van der Waals surface area contributed by atoms with Gasteiger partial charge in [-0.2, -0.15) is 13.2 Å². The summed E-state index contributed by atoms with van der Waals surface area (Å²) in [4.78, 5) is 25.3. The van der Waals surface area contributed by atoms with E-state index >= 15 is 0 Å². The molecule has 0 amide bonds. The topological polar surface area (TPSA) is 85.1 Å². The number of rotatable bonds is 5. The lowest BCUT2D eigenvalue weighted by atomic mass is 10.1. The first kappa shape index (κ1) is 22.3. The molecule has 4 aromatic rings. The second-order valence-corrected chi connectivity index (χ2v) is 8.75. The van der Waals surface area contributed by atoms with Crippen molar-refractivity contribution in [3.05, 3.63) is 48.3 Å². The van der Waals surface area contributed by atoms with E-state index in [1.54, 1.807) is 44.6 Å². The number of hydrogen-bond acceptors (Lipinski definition) is 9. The van der Waals surface area contributed by atoms with Gasteiger partial charge in [-0.3, -0.25) is 4.90 Å². The van der Waals surface area contributed by atoms with Crippen molar-refractivity contribution in [1.82, 2.24) is 29.5 Å². The predicted octanol–water partition coefficient (Wildman–Crippen LogP) is 3.96. The molecule has 0 atom stereocenters. The molecule has 1 aromatic carbocycles. The molecule has 5 rings (SSSR count). The third-order valence-corrected chi connectivity index (χ3v) is 6.26. The summed E-state index contributed by atoms with van der Waals surface area (Å²) < 4.78 is 48.2. The number of anilines is 3. The Hall–Kier alpha value is -3.45. The maximum Gasteiger partial charge on any atom is 0.449 e. The first-order valence-corrected chi connectivity index (χ1v) is 10.9. The van der Waals surface area contributed by atoms with Crippen LogP contribution in [0, 0.1) is 0 Å². The lowest BCUT2D eigenvalue weighted by Crippen LogP contribution is -2.25. The van der Waals surface area contributed by atoms with E-state index in [1.807, 2.05) is 17.0 Å². The van der Waals surface area contributed by atoms with Crippen LogP contribution in [0.3, 0.4) is 0 Å². The standard InChI is InChI=1S/C21H19F3N8OS/c1-30(2)16-15-17(28-10-27-16)31(20(29-15)21(22,23)24)9-12-4-5-14-13(8-12)32(11-33-3)18-19(34-14)26-7-6-25-18/h4-8,10H,9,11H2,1-3H3. The number of alkyl halides is 3. The zero-order valence-corrected chi connectivity index (χ0v) is 19.2. The highest BCUT2D eigenvalue weighted by Crippen LogP contribution is 2.46. The number of aromatic nitrogens is 6. The number of imidazole rings is 1. The molecule has 0 spiro atoms. The largest absolute Gasteiger partial charge is 0.449 e. The van der Waals surface area contributed by atoms with Crippen LogP contribution in [0.2, 0.25) is 0 Å². The Kier molecular flexibility index (Phi) is 5.52. The Morgan fingerprint density at radius 1 is 1.09 bits per heavy atom. The van der Waals surface area contributed by atoms with E-state index in [0.29, 0.717) is 17.2 Å². The van der Waals surface area contributed by atoms with Crippen LogP contribution in [-0.2, 0) is 17.5 Å². The summed E-state index contributed by atoms with van der Waals surface area (Å²) in [6, 6.07) is 5.49. The highest BCUT2D eigenvalue weighted by atomic mass is 32.2. The van der Waals surface area contributed by atoms with Gasteiger partial charge in [0.05, 0.1) is 12.2 Å². The van der Waals surface area contributed by atoms with Gasteiger partial charge in [0, 0.05) is 38.5 Å². The van der Waals surface area contributed by atoms with Crippen LogP contribution in [0.25, 0.3) is 11.2 Å². The molecule has 0 bridgehead atoms. The fourth-order valence-electron chi connectivity index (χ4n) is 3.81. The Labute approximate surface area is 196 Å². The lowest BCUT2D eigenvalue weighted by molar-refractivity contribution is -0.146. The number of hydrogen-bond donors (Lipinski definition) is 0. The van der Waals surface area contributed by atoms with Crippen LogP contribution in [0.4, 0.5) is 30.5 Å². The van der Waals surface area contributed by atoms with Gasteiger partial charge in [-0.15, -0.1) is 0 Å². The summed E-state index contributed by atoms with van der Waals surface area (Å²) in [6.07, 6.45) is -0.213. The summed E-state index contributed by atoms with van der Waals surface area (Å²) in [5.41, 5.74) is 1.63. The second kappa shape index (κ2) is 8.40. The van der Waals surface area contributed by atoms with E-state index in [1.165, 1.54) is 18.1 Å². The van der Waals surface area contributed by atoms with Crippen molar-refractivity contribution in [1.29, 1.82) is 0 Å². The van der Waals surface area contributed by atoms with E-state index in [0.717, 1.165) is 20.2 Å². The molecular formula is C21H19F3N8OS. The molecule has 34 heavy (non-hydrogen) atoms. The molecule has 13 heteroatoms. The molecule has 0 N–H and O–H groups in total. The molecule has 0 aliphatic carbocycles. The maximum atomic E-state index is 13.9. The van der Waals surface area contributed by atoms with Gasteiger partial charge in [0.15, 0.2) is 22.8 Å². The van der Waals surface area contributed by atoms with E-state index in [2.05, 4.69) is 24.9 Å². The first-order chi connectivity index (χ1) is 16.3. The Morgan fingerprint density at radius 3 is 2.62 bits per heavy atom. The normalized spacial score (nSPS) is 13.2. The van der Waals surface area contributed by atoms with Crippen LogP contribution in [0.15, 0.2) is 46.8 Å². The van der Waals surface area contributed by atoms with Gasteiger partial charge in [0.25, 0.3) is 0 Å². The summed E-state index contributed by atoms with van der Waals surface area (Å²) in [5, 5.41) is 0.729. The monoisotopic (exact) mass is 488 g/mol. The minimum absolute atomic E-state index is 0.0820. The number of ether oxygens (including phenoxy) is 1. The smallest absolute Gasteiger partial charge is 0.364 e.